The molecule has 1 fully saturated rings. The second-order valence-corrected chi connectivity index (χ2v) is 7.84. The topological polar surface area (TPSA) is 112 Å². The van der Waals surface area contributed by atoms with Gasteiger partial charge in [0.15, 0.2) is 5.75 Å². The van der Waals surface area contributed by atoms with Gasteiger partial charge in [-0.05, 0) is 43.7 Å². The summed E-state index contributed by atoms with van der Waals surface area (Å²) in [5.74, 6) is -0.198. The van der Waals surface area contributed by atoms with Crippen molar-refractivity contribution in [2.24, 2.45) is 4.99 Å². The summed E-state index contributed by atoms with van der Waals surface area (Å²) in [7, 11) is 0. The predicted octanol–water partition coefficient (Wildman–Crippen LogP) is 3.92. The van der Waals surface area contributed by atoms with Crippen LogP contribution < -0.4 is 15.4 Å². The van der Waals surface area contributed by atoms with E-state index in [0.717, 1.165) is 6.07 Å². The molecule has 0 radical (unpaired) electrons. The van der Waals surface area contributed by atoms with Crippen LogP contribution in [-0.4, -0.2) is 27.9 Å². The van der Waals surface area contributed by atoms with Gasteiger partial charge in [0.2, 0.25) is 5.96 Å². The monoisotopic (exact) mass is 480 g/mol. The first kappa shape index (κ1) is 23.7. The lowest BCUT2D eigenvalue weighted by Crippen LogP contribution is -2.25. The van der Waals surface area contributed by atoms with E-state index >= 15 is 0 Å². The zero-order chi connectivity index (χ0) is 25.2. The van der Waals surface area contributed by atoms with Crippen LogP contribution in [0.2, 0.25) is 0 Å². The number of aromatic nitrogens is 2. The molecule has 1 aliphatic heterocycles. The van der Waals surface area contributed by atoms with Gasteiger partial charge in [-0.1, -0.05) is 18.2 Å². The lowest BCUT2D eigenvalue weighted by atomic mass is 10.1. The molecule has 2 N–H and O–H groups in total. The van der Waals surface area contributed by atoms with E-state index in [1.54, 1.807) is 12.1 Å². The normalized spacial score (nSPS) is 16.0. The highest BCUT2D eigenvalue weighted by atomic mass is 19.4. The van der Waals surface area contributed by atoms with Gasteiger partial charge in [0.05, 0.1) is 29.4 Å². The minimum atomic E-state index is -4.51. The van der Waals surface area contributed by atoms with Crippen LogP contribution >= 0.6 is 0 Å². The molecule has 0 atom stereocenters. The molecule has 2 aromatic heterocycles. The minimum absolute atomic E-state index is 0.0179. The van der Waals surface area contributed by atoms with Crippen molar-refractivity contribution in [1.82, 2.24) is 20.6 Å². The van der Waals surface area contributed by atoms with Crippen molar-refractivity contribution in [3.63, 3.8) is 0 Å². The number of hydrogen-bond donors (Lipinski definition) is 2. The zero-order valence-electron chi connectivity index (χ0n) is 18.6. The van der Waals surface area contributed by atoms with E-state index in [2.05, 4.69) is 25.6 Å². The number of nitriles is 1. The van der Waals surface area contributed by atoms with Crippen molar-refractivity contribution in [1.29, 1.82) is 5.26 Å². The molecule has 8 nitrogen and oxygen atoms in total. The summed E-state index contributed by atoms with van der Waals surface area (Å²) in [4.78, 5) is 25.2. The molecular weight excluding hydrogens is 461 g/mol. The molecule has 0 saturated carbocycles. The van der Waals surface area contributed by atoms with Crippen molar-refractivity contribution in [3.05, 3.63) is 70.7 Å². The van der Waals surface area contributed by atoms with Crippen LogP contribution in [0.15, 0.2) is 53.3 Å². The lowest BCUT2D eigenvalue weighted by Gasteiger charge is -2.13. The third kappa shape index (κ3) is 5.22. The number of rotatable bonds is 5. The van der Waals surface area contributed by atoms with Gasteiger partial charge in [-0.2, -0.15) is 18.4 Å². The van der Waals surface area contributed by atoms with Crippen molar-refractivity contribution in [2.75, 3.05) is 0 Å². The number of nitrogens with one attached hydrogen (secondary N) is 2. The number of ether oxygens (including phenoxy) is 1. The van der Waals surface area contributed by atoms with E-state index in [4.69, 9.17) is 4.74 Å². The Morgan fingerprint density at radius 2 is 1.97 bits per heavy atom. The van der Waals surface area contributed by atoms with Gasteiger partial charge in [0, 0.05) is 6.20 Å². The molecule has 4 rings (SSSR count). The fourth-order valence-corrected chi connectivity index (χ4v) is 3.39. The van der Waals surface area contributed by atoms with E-state index in [-0.39, 0.29) is 35.4 Å². The van der Waals surface area contributed by atoms with Gasteiger partial charge < -0.3 is 10.1 Å². The first-order valence-corrected chi connectivity index (χ1v) is 10.5. The number of aliphatic imine (C=N–C) groups is 1. The molecule has 0 spiro atoms. The number of benzene rings is 1. The van der Waals surface area contributed by atoms with E-state index in [0.29, 0.717) is 22.5 Å². The highest BCUT2D eigenvalue weighted by molar-refractivity contribution is 6.15. The summed E-state index contributed by atoms with van der Waals surface area (Å²) >= 11 is 0. The number of carbonyl (C=O) groups is 1. The van der Waals surface area contributed by atoms with E-state index < -0.39 is 17.6 Å². The molecule has 0 aliphatic carbocycles. The lowest BCUT2D eigenvalue weighted by molar-refractivity contribution is -0.138. The van der Waals surface area contributed by atoms with Gasteiger partial charge in [0.1, 0.15) is 22.8 Å². The first-order valence-electron chi connectivity index (χ1n) is 10.5. The summed E-state index contributed by atoms with van der Waals surface area (Å²) < 4.78 is 45.4. The van der Waals surface area contributed by atoms with Gasteiger partial charge in [0.25, 0.3) is 5.91 Å². The van der Waals surface area contributed by atoms with Crippen molar-refractivity contribution >= 4 is 29.0 Å². The maximum atomic E-state index is 13.2. The predicted molar refractivity (Wildman–Crippen MR) is 122 cm³/mol. The van der Waals surface area contributed by atoms with Crippen LogP contribution in [0.5, 0.6) is 5.75 Å². The van der Waals surface area contributed by atoms with Crippen LogP contribution in [0.3, 0.4) is 0 Å². The Morgan fingerprint density at radius 1 is 1.20 bits per heavy atom. The zero-order valence-corrected chi connectivity index (χ0v) is 18.6. The van der Waals surface area contributed by atoms with Crippen LogP contribution in [0.1, 0.15) is 36.2 Å². The molecule has 3 heterocycles. The number of halogens is 3. The minimum Gasteiger partial charge on any atom is -0.487 e. The van der Waals surface area contributed by atoms with E-state index in [1.807, 2.05) is 19.9 Å². The number of alkyl halides is 3. The van der Waals surface area contributed by atoms with Gasteiger partial charge in [-0.15, -0.1) is 0 Å². The molecular formula is C24H19F3N6O2. The Bertz CT molecular complexity index is 1410. The molecule has 3 aromatic rings. The van der Waals surface area contributed by atoms with E-state index in [9.17, 15) is 23.2 Å². The molecule has 0 bridgehead atoms. The Labute approximate surface area is 198 Å². The Balaban J connectivity index is 1.61. The maximum Gasteiger partial charge on any atom is 0.416 e. The smallest absolute Gasteiger partial charge is 0.416 e. The highest BCUT2D eigenvalue weighted by Crippen LogP contribution is 2.32. The van der Waals surface area contributed by atoms with Gasteiger partial charge in [-0.3, -0.25) is 15.1 Å². The quantitative estimate of drug-likeness (QED) is 0.536. The van der Waals surface area contributed by atoms with Crippen LogP contribution in [0.4, 0.5) is 13.2 Å². The van der Waals surface area contributed by atoms with Crippen molar-refractivity contribution in [2.45, 2.75) is 32.7 Å². The number of hydrogen-bond acceptors (Lipinski definition) is 6. The molecule has 1 aliphatic rings. The standard InChI is InChI=1S/C24H19F3N6O2/c1-13(2)35-21-15(10-28)12-29-18-8-7-16(31-20(18)21)9-19-22(34)33-23(32-19)30-11-14-5-3-4-6-17(14)24(25,26)27/h3-9,12-13H,11H2,1-2H3,(H2,30,32,33,34)/b19-9+. The maximum absolute atomic E-state index is 13.2. The Morgan fingerprint density at radius 3 is 2.69 bits per heavy atom. The van der Waals surface area contributed by atoms with Crippen LogP contribution in [0.25, 0.3) is 17.1 Å². The number of guanidine groups is 1. The summed E-state index contributed by atoms with van der Waals surface area (Å²) in [6, 6.07) is 10.5. The number of pyridine rings is 2. The molecule has 11 heteroatoms. The molecule has 1 saturated heterocycles. The summed E-state index contributed by atoms with van der Waals surface area (Å²) in [5.41, 5.74) is 0.790. The van der Waals surface area contributed by atoms with Crippen molar-refractivity contribution in [3.8, 4) is 11.8 Å². The average Bonchev–Trinajstić information content (AvgIpc) is 3.16. The number of amides is 1. The Hall–Kier alpha value is -4.46. The average molecular weight is 480 g/mol. The highest BCUT2D eigenvalue weighted by Gasteiger charge is 2.33. The molecule has 0 unspecified atom stereocenters. The number of carbonyl (C=O) groups excluding carboxylic acids is 1. The molecule has 178 valence electrons. The van der Waals surface area contributed by atoms with Gasteiger partial charge >= 0.3 is 6.18 Å². The largest absolute Gasteiger partial charge is 0.487 e. The fourth-order valence-electron chi connectivity index (χ4n) is 3.39. The molecule has 1 aromatic carbocycles. The summed E-state index contributed by atoms with van der Waals surface area (Å²) in [6.07, 6.45) is -1.85. The SMILES string of the molecule is CC(C)Oc1c(C#N)cnc2ccc(/C=C3/NC(=NCc4ccccc4C(F)(F)F)NC3=O)nc12. The Kier molecular flexibility index (Phi) is 6.38. The third-order valence-corrected chi connectivity index (χ3v) is 4.91. The second-order valence-electron chi connectivity index (χ2n) is 7.84. The summed E-state index contributed by atoms with van der Waals surface area (Å²) in [6.45, 7) is 3.36. The molecule has 1 amide bonds. The van der Waals surface area contributed by atoms with Crippen LogP contribution in [-0.2, 0) is 17.5 Å². The molecule has 35 heavy (non-hydrogen) atoms. The first-order chi connectivity index (χ1) is 16.7. The summed E-state index contributed by atoms with van der Waals surface area (Å²) in [5, 5.41) is 14.7. The number of fused-ring (bicyclic) bond motifs is 1. The van der Waals surface area contributed by atoms with Crippen LogP contribution in [0, 0.1) is 11.3 Å². The number of nitrogens with zero attached hydrogens (tertiary/aromatic N) is 4. The van der Waals surface area contributed by atoms with E-state index in [1.165, 1.54) is 30.5 Å². The fraction of sp³-hybridized carbons (Fsp3) is 0.208. The van der Waals surface area contributed by atoms with Crippen molar-refractivity contribution < 1.29 is 22.7 Å². The second kappa shape index (κ2) is 9.42. The van der Waals surface area contributed by atoms with Gasteiger partial charge in [-0.25, -0.2) is 9.98 Å². The third-order valence-electron chi connectivity index (χ3n) is 4.91.